The van der Waals surface area contributed by atoms with Crippen LogP contribution < -0.4 is 10.6 Å². The van der Waals surface area contributed by atoms with E-state index in [-0.39, 0.29) is 17.9 Å². The average molecular weight is 303 g/mol. The predicted molar refractivity (Wildman–Crippen MR) is 86.3 cm³/mol. The quantitative estimate of drug-likeness (QED) is 0.715. The molecule has 1 atom stereocenters. The van der Waals surface area contributed by atoms with E-state index in [0.717, 1.165) is 31.5 Å². The summed E-state index contributed by atoms with van der Waals surface area (Å²) in [5.41, 5.74) is 1.05. The number of carbonyl (C=O) groups excluding carboxylic acids is 2. The smallest absolute Gasteiger partial charge is 0.222 e. The number of amides is 2. The lowest BCUT2D eigenvalue weighted by Crippen LogP contribution is -2.38. The van der Waals surface area contributed by atoms with E-state index in [1.54, 1.807) is 0 Å². The summed E-state index contributed by atoms with van der Waals surface area (Å²) in [6.07, 6.45) is 2.85. The molecule has 1 fully saturated rings. The Morgan fingerprint density at radius 3 is 2.73 bits per heavy atom. The molecular formula is C17H25N3O2. The predicted octanol–water partition coefficient (Wildman–Crippen LogP) is 1.47. The Morgan fingerprint density at radius 1 is 1.32 bits per heavy atom. The molecule has 1 unspecified atom stereocenters. The first-order chi connectivity index (χ1) is 10.7. The Labute approximate surface area is 132 Å². The monoisotopic (exact) mass is 303 g/mol. The number of nitrogens with one attached hydrogen (secondary N) is 2. The fraction of sp³-hybridized carbons (Fsp3) is 0.529. The Hall–Kier alpha value is -1.88. The van der Waals surface area contributed by atoms with Gasteiger partial charge < -0.3 is 15.5 Å². The molecule has 1 aromatic carbocycles. The van der Waals surface area contributed by atoms with Gasteiger partial charge in [0.05, 0.1) is 6.04 Å². The minimum atomic E-state index is -0.134. The third kappa shape index (κ3) is 4.84. The second kappa shape index (κ2) is 8.54. The normalized spacial score (nSPS) is 15.9. The van der Waals surface area contributed by atoms with E-state index in [1.807, 2.05) is 42.3 Å². The summed E-state index contributed by atoms with van der Waals surface area (Å²) >= 11 is 0. The van der Waals surface area contributed by atoms with Gasteiger partial charge in [-0.15, -0.1) is 0 Å². The number of nitrogens with zero attached hydrogens (tertiary/aromatic N) is 1. The number of rotatable bonds is 8. The van der Waals surface area contributed by atoms with Crippen molar-refractivity contribution in [2.24, 2.45) is 0 Å². The van der Waals surface area contributed by atoms with Crippen molar-refractivity contribution in [1.82, 2.24) is 15.5 Å². The Bertz CT molecular complexity index is 490. The maximum absolute atomic E-state index is 12.1. The number of carbonyl (C=O) groups is 2. The van der Waals surface area contributed by atoms with Crippen LogP contribution in [0.15, 0.2) is 30.3 Å². The fourth-order valence-electron chi connectivity index (χ4n) is 2.73. The van der Waals surface area contributed by atoms with E-state index < -0.39 is 0 Å². The minimum absolute atomic E-state index is 0.0377. The van der Waals surface area contributed by atoms with E-state index in [0.29, 0.717) is 19.4 Å². The van der Waals surface area contributed by atoms with Crippen molar-refractivity contribution in [2.75, 3.05) is 26.7 Å². The van der Waals surface area contributed by atoms with Gasteiger partial charge in [-0.2, -0.15) is 0 Å². The van der Waals surface area contributed by atoms with Crippen LogP contribution in [0.5, 0.6) is 0 Å². The van der Waals surface area contributed by atoms with Gasteiger partial charge in [-0.1, -0.05) is 30.3 Å². The summed E-state index contributed by atoms with van der Waals surface area (Å²) in [4.78, 5) is 25.8. The van der Waals surface area contributed by atoms with Crippen LogP contribution in [0, 0.1) is 0 Å². The number of hydrogen-bond acceptors (Lipinski definition) is 3. The van der Waals surface area contributed by atoms with Crippen LogP contribution >= 0.6 is 0 Å². The summed E-state index contributed by atoms with van der Waals surface area (Å²) in [5.74, 6) is 0.223. The Morgan fingerprint density at radius 2 is 2.09 bits per heavy atom. The molecule has 1 aliphatic heterocycles. The highest BCUT2D eigenvalue weighted by atomic mass is 16.2. The summed E-state index contributed by atoms with van der Waals surface area (Å²) in [7, 11) is 1.88. The Kier molecular flexibility index (Phi) is 6.40. The van der Waals surface area contributed by atoms with Crippen LogP contribution in [0.25, 0.3) is 0 Å². The SMILES string of the molecule is CNCCCC(=O)NC(CN1CCCC1=O)c1ccccc1. The highest BCUT2D eigenvalue weighted by molar-refractivity contribution is 5.79. The summed E-state index contributed by atoms with van der Waals surface area (Å²) in [6, 6.07) is 9.74. The van der Waals surface area contributed by atoms with Crippen molar-refractivity contribution in [3.05, 3.63) is 35.9 Å². The maximum atomic E-state index is 12.1. The van der Waals surface area contributed by atoms with Gasteiger partial charge in [0.2, 0.25) is 11.8 Å². The Balaban J connectivity index is 1.98. The largest absolute Gasteiger partial charge is 0.348 e. The van der Waals surface area contributed by atoms with Gasteiger partial charge in [0.15, 0.2) is 0 Å². The van der Waals surface area contributed by atoms with Gasteiger partial charge in [0.25, 0.3) is 0 Å². The lowest BCUT2D eigenvalue weighted by atomic mass is 10.1. The molecule has 1 aliphatic rings. The third-order valence-electron chi connectivity index (χ3n) is 3.94. The lowest BCUT2D eigenvalue weighted by molar-refractivity contribution is -0.129. The van der Waals surface area contributed by atoms with Crippen LogP contribution in [0.4, 0.5) is 0 Å². The maximum Gasteiger partial charge on any atom is 0.222 e. The molecule has 2 N–H and O–H groups in total. The van der Waals surface area contributed by atoms with Crippen molar-refractivity contribution in [3.63, 3.8) is 0 Å². The number of benzene rings is 1. The van der Waals surface area contributed by atoms with E-state index in [2.05, 4.69) is 10.6 Å². The third-order valence-corrected chi connectivity index (χ3v) is 3.94. The van der Waals surface area contributed by atoms with Crippen LogP contribution in [0.3, 0.4) is 0 Å². The standard InChI is InChI=1S/C17H25N3O2/c1-18-11-5-9-16(21)19-15(14-7-3-2-4-8-14)13-20-12-6-10-17(20)22/h2-4,7-8,15,18H,5-6,9-13H2,1H3,(H,19,21). The van der Waals surface area contributed by atoms with Gasteiger partial charge in [-0.25, -0.2) is 0 Å². The second-order valence-electron chi connectivity index (χ2n) is 5.68. The molecule has 0 bridgehead atoms. The van der Waals surface area contributed by atoms with E-state index in [4.69, 9.17) is 0 Å². The molecular weight excluding hydrogens is 278 g/mol. The average Bonchev–Trinajstić information content (AvgIpc) is 2.93. The van der Waals surface area contributed by atoms with Crippen molar-refractivity contribution in [2.45, 2.75) is 31.7 Å². The van der Waals surface area contributed by atoms with E-state index >= 15 is 0 Å². The fourth-order valence-corrected chi connectivity index (χ4v) is 2.73. The van der Waals surface area contributed by atoms with Crippen LogP contribution in [-0.4, -0.2) is 43.4 Å². The molecule has 1 saturated heterocycles. The van der Waals surface area contributed by atoms with Crippen molar-refractivity contribution >= 4 is 11.8 Å². The number of hydrogen-bond donors (Lipinski definition) is 2. The van der Waals surface area contributed by atoms with E-state index in [9.17, 15) is 9.59 Å². The molecule has 2 amide bonds. The highest BCUT2D eigenvalue weighted by Gasteiger charge is 2.25. The highest BCUT2D eigenvalue weighted by Crippen LogP contribution is 2.18. The molecule has 5 heteroatoms. The molecule has 0 radical (unpaired) electrons. The molecule has 1 aromatic rings. The topological polar surface area (TPSA) is 61.4 Å². The molecule has 2 rings (SSSR count). The zero-order valence-corrected chi connectivity index (χ0v) is 13.2. The van der Waals surface area contributed by atoms with Crippen molar-refractivity contribution < 1.29 is 9.59 Å². The number of likely N-dealkylation sites (tertiary alicyclic amines) is 1. The molecule has 120 valence electrons. The molecule has 22 heavy (non-hydrogen) atoms. The summed E-state index contributed by atoms with van der Waals surface area (Å²) < 4.78 is 0. The van der Waals surface area contributed by atoms with Gasteiger partial charge in [-0.3, -0.25) is 9.59 Å². The molecule has 0 spiro atoms. The molecule has 0 aromatic heterocycles. The molecule has 0 aliphatic carbocycles. The first kappa shape index (κ1) is 16.5. The zero-order valence-electron chi connectivity index (χ0n) is 13.2. The molecule has 1 heterocycles. The van der Waals surface area contributed by atoms with Gasteiger partial charge in [0, 0.05) is 25.9 Å². The summed E-state index contributed by atoms with van der Waals surface area (Å²) in [5, 5.41) is 6.12. The summed E-state index contributed by atoms with van der Waals surface area (Å²) in [6.45, 7) is 2.17. The lowest BCUT2D eigenvalue weighted by Gasteiger charge is -2.25. The van der Waals surface area contributed by atoms with Crippen LogP contribution in [-0.2, 0) is 9.59 Å². The van der Waals surface area contributed by atoms with Gasteiger partial charge in [-0.05, 0) is 32.0 Å². The van der Waals surface area contributed by atoms with Gasteiger partial charge >= 0.3 is 0 Å². The second-order valence-corrected chi connectivity index (χ2v) is 5.68. The van der Waals surface area contributed by atoms with Crippen LogP contribution in [0.2, 0.25) is 0 Å². The minimum Gasteiger partial charge on any atom is -0.348 e. The van der Waals surface area contributed by atoms with Gasteiger partial charge in [0.1, 0.15) is 0 Å². The van der Waals surface area contributed by atoms with Crippen molar-refractivity contribution in [3.8, 4) is 0 Å². The molecule has 0 saturated carbocycles. The zero-order chi connectivity index (χ0) is 15.8. The molecule has 5 nitrogen and oxygen atoms in total. The van der Waals surface area contributed by atoms with Crippen LogP contribution in [0.1, 0.15) is 37.3 Å². The first-order valence-electron chi connectivity index (χ1n) is 7.97. The first-order valence-corrected chi connectivity index (χ1v) is 7.97. The van der Waals surface area contributed by atoms with Crippen molar-refractivity contribution in [1.29, 1.82) is 0 Å². The van der Waals surface area contributed by atoms with E-state index in [1.165, 1.54) is 0 Å².